The molecule has 0 atom stereocenters. The lowest BCUT2D eigenvalue weighted by molar-refractivity contribution is -0.134. The molecular weight excluding hydrogens is 336 g/mol. The average Bonchev–Trinajstić information content (AvgIpc) is 3.07. The first-order valence-electron chi connectivity index (χ1n) is 9.66. The second kappa shape index (κ2) is 7.43. The van der Waals surface area contributed by atoms with Crippen molar-refractivity contribution in [2.75, 3.05) is 31.1 Å². The quantitative estimate of drug-likeness (QED) is 0.714. The maximum absolute atomic E-state index is 12.3. The molecule has 3 aromatic rings. The zero-order chi connectivity index (χ0) is 18.8. The molecule has 1 aromatic heterocycles. The van der Waals surface area contributed by atoms with Crippen LogP contribution in [0.25, 0.3) is 11.0 Å². The van der Waals surface area contributed by atoms with Gasteiger partial charge in [-0.25, -0.2) is 4.98 Å². The number of imidazole rings is 1. The van der Waals surface area contributed by atoms with E-state index < -0.39 is 0 Å². The molecule has 0 bridgehead atoms. The van der Waals surface area contributed by atoms with Gasteiger partial charge in [-0.1, -0.05) is 56.3 Å². The second-order valence-electron chi connectivity index (χ2n) is 7.44. The van der Waals surface area contributed by atoms with Crippen LogP contribution in [0.3, 0.4) is 0 Å². The number of para-hydroxylation sites is 2. The van der Waals surface area contributed by atoms with Gasteiger partial charge in [0, 0.05) is 32.1 Å². The molecule has 5 nitrogen and oxygen atoms in total. The van der Waals surface area contributed by atoms with E-state index in [1.807, 2.05) is 30.9 Å². The van der Waals surface area contributed by atoms with Crippen LogP contribution < -0.4 is 4.90 Å². The molecule has 1 aliphatic rings. The Balaban J connectivity index is 1.62. The topological polar surface area (TPSA) is 41.4 Å². The summed E-state index contributed by atoms with van der Waals surface area (Å²) in [6.07, 6.45) is 0. The van der Waals surface area contributed by atoms with Crippen molar-refractivity contribution in [3.8, 4) is 0 Å². The number of rotatable bonds is 4. The van der Waals surface area contributed by atoms with Crippen LogP contribution in [0.2, 0.25) is 0 Å². The van der Waals surface area contributed by atoms with Gasteiger partial charge in [0.05, 0.1) is 17.6 Å². The lowest BCUT2D eigenvalue weighted by Crippen LogP contribution is -2.50. The monoisotopic (exact) mass is 362 g/mol. The molecule has 140 valence electrons. The second-order valence-corrected chi connectivity index (χ2v) is 7.44. The minimum absolute atomic E-state index is 0.0548. The summed E-state index contributed by atoms with van der Waals surface area (Å²) in [5.74, 6) is 1.29. The number of amides is 1. The van der Waals surface area contributed by atoms with E-state index in [4.69, 9.17) is 4.98 Å². The van der Waals surface area contributed by atoms with Gasteiger partial charge in [0.25, 0.3) is 0 Å². The van der Waals surface area contributed by atoms with Crippen LogP contribution in [0, 0.1) is 5.92 Å². The molecule has 0 N–H and O–H groups in total. The normalized spacial score (nSPS) is 14.9. The first-order chi connectivity index (χ1) is 13.1. The molecule has 0 aliphatic carbocycles. The van der Waals surface area contributed by atoms with E-state index >= 15 is 0 Å². The zero-order valence-corrected chi connectivity index (χ0v) is 16.0. The Labute approximate surface area is 160 Å². The first-order valence-corrected chi connectivity index (χ1v) is 9.66. The smallest absolute Gasteiger partial charge is 0.225 e. The van der Waals surface area contributed by atoms with Crippen LogP contribution in [0.1, 0.15) is 19.4 Å². The van der Waals surface area contributed by atoms with Crippen molar-refractivity contribution in [1.82, 2.24) is 14.5 Å². The maximum atomic E-state index is 12.3. The number of anilines is 1. The SMILES string of the molecule is CC(C)C(=O)N1CCN(c2nc3ccccc3n2Cc2ccccc2)CC1. The van der Waals surface area contributed by atoms with Gasteiger partial charge >= 0.3 is 0 Å². The molecule has 0 radical (unpaired) electrons. The van der Waals surface area contributed by atoms with Crippen LogP contribution in [-0.4, -0.2) is 46.5 Å². The van der Waals surface area contributed by atoms with Crippen molar-refractivity contribution in [3.63, 3.8) is 0 Å². The molecule has 0 unspecified atom stereocenters. The Morgan fingerprint density at radius 3 is 2.33 bits per heavy atom. The Morgan fingerprint density at radius 1 is 0.963 bits per heavy atom. The van der Waals surface area contributed by atoms with Gasteiger partial charge in [0.2, 0.25) is 11.9 Å². The van der Waals surface area contributed by atoms with Crippen LogP contribution in [0.5, 0.6) is 0 Å². The Morgan fingerprint density at radius 2 is 1.63 bits per heavy atom. The van der Waals surface area contributed by atoms with E-state index in [9.17, 15) is 4.79 Å². The van der Waals surface area contributed by atoms with Crippen LogP contribution in [0.15, 0.2) is 54.6 Å². The predicted octanol–water partition coefficient (Wildman–Crippen LogP) is 3.39. The highest BCUT2D eigenvalue weighted by molar-refractivity contribution is 5.80. The average molecular weight is 362 g/mol. The van der Waals surface area contributed by atoms with Crippen molar-refractivity contribution in [3.05, 3.63) is 60.2 Å². The summed E-state index contributed by atoms with van der Waals surface area (Å²) in [7, 11) is 0. The summed E-state index contributed by atoms with van der Waals surface area (Å²) >= 11 is 0. The van der Waals surface area contributed by atoms with Gasteiger partial charge in [0.15, 0.2) is 0 Å². The van der Waals surface area contributed by atoms with E-state index in [-0.39, 0.29) is 11.8 Å². The van der Waals surface area contributed by atoms with Crippen molar-refractivity contribution in [2.24, 2.45) is 5.92 Å². The summed E-state index contributed by atoms with van der Waals surface area (Å²) < 4.78 is 2.30. The van der Waals surface area contributed by atoms with Gasteiger partial charge in [-0.15, -0.1) is 0 Å². The molecule has 1 amide bonds. The van der Waals surface area contributed by atoms with Gasteiger partial charge in [-0.05, 0) is 17.7 Å². The Hall–Kier alpha value is -2.82. The van der Waals surface area contributed by atoms with Gasteiger partial charge in [-0.2, -0.15) is 0 Å². The molecule has 1 saturated heterocycles. The summed E-state index contributed by atoms with van der Waals surface area (Å²) in [4.78, 5) is 21.5. The standard InChI is InChI=1S/C22H26N4O/c1-17(2)21(27)24-12-14-25(15-13-24)22-23-19-10-6-7-11-20(19)26(22)16-18-8-4-3-5-9-18/h3-11,17H,12-16H2,1-2H3. The summed E-state index contributed by atoms with van der Waals surface area (Å²) in [5, 5.41) is 0. The van der Waals surface area contributed by atoms with E-state index in [2.05, 4.69) is 51.9 Å². The highest BCUT2D eigenvalue weighted by Crippen LogP contribution is 2.25. The molecule has 2 heterocycles. The molecule has 5 heteroatoms. The molecular formula is C22H26N4O. The molecule has 2 aromatic carbocycles. The number of benzene rings is 2. The highest BCUT2D eigenvalue weighted by atomic mass is 16.2. The molecule has 27 heavy (non-hydrogen) atoms. The molecule has 0 saturated carbocycles. The third-order valence-corrected chi connectivity index (χ3v) is 5.19. The van der Waals surface area contributed by atoms with Gasteiger partial charge in [0.1, 0.15) is 0 Å². The largest absolute Gasteiger partial charge is 0.339 e. The van der Waals surface area contributed by atoms with Crippen molar-refractivity contribution in [1.29, 1.82) is 0 Å². The van der Waals surface area contributed by atoms with E-state index in [1.165, 1.54) is 5.56 Å². The third kappa shape index (κ3) is 3.54. The van der Waals surface area contributed by atoms with Gasteiger partial charge < -0.3 is 14.4 Å². The molecule has 1 fully saturated rings. The highest BCUT2D eigenvalue weighted by Gasteiger charge is 2.25. The Bertz CT molecular complexity index is 924. The third-order valence-electron chi connectivity index (χ3n) is 5.19. The number of piperazine rings is 1. The van der Waals surface area contributed by atoms with E-state index in [0.29, 0.717) is 0 Å². The first kappa shape index (κ1) is 17.6. The fourth-order valence-electron chi connectivity index (χ4n) is 3.72. The summed E-state index contributed by atoms with van der Waals surface area (Å²) in [5.41, 5.74) is 3.43. The number of hydrogen-bond donors (Lipinski definition) is 0. The molecule has 1 aliphatic heterocycles. The minimum atomic E-state index is 0.0548. The summed E-state index contributed by atoms with van der Waals surface area (Å²) in [6.45, 7) is 7.87. The Kier molecular flexibility index (Phi) is 4.84. The fraction of sp³-hybridized carbons (Fsp3) is 0.364. The predicted molar refractivity (Wildman–Crippen MR) is 109 cm³/mol. The van der Waals surface area contributed by atoms with Gasteiger partial charge in [-0.3, -0.25) is 4.79 Å². The van der Waals surface area contributed by atoms with Crippen LogP contribution in [0.4, 0.5) is 5.95 Å². The summed E-state index contributed by atoms with van der Waals surface area (Å²) in [6, 6.07) is 18.8. The number of fused-ring (bicyclic) bond motifs is 1. The van der Waals surface area contributed by atoms with Crippen LogP contribution in [-0.2, 0) is 11.3 Å². The molecule has 0 spiro atoms. The maximum Gasteiger partial charge on any atom is 0.225 e. The lowest BCUT2D eigenvalue weighted by atomic mass is 10.1. The lowest BCUT2D eigenvalue weighted by Gasteiger charge is -2.36. The number of carbonyl (C=O) groups is 1. The number of hydrogen-bond acceptors (Lipinski definition) is 3. The zero-order valence-electron chi connectivity index (χ0n) is 16.0. The van der Waals surface area contributed by atoms with E-state index in [0.717, 1.165) is 49.7 Å². The van der Waals surface area contributed by atoms with Crippen molar-refractivity contribution in [2.45, 2.75) is 20.4 Å². The molecule has 4 rings (SSSR count). The number of aromatic nitrogens is 2. The number of nitrogens with zero attached hydrogens (tertiary/aromatic N) is 4. The van der Waals surface area contributed by atoms with Crippen molar-refractivity contribution >= 4 is 22.9 Å². The van der Waals surface area contributed by atoms with Crippen LogP contribution >= 0.6 is 0 Å². The van der Waals surface area contributed by atoms with E-state index in [1.54, 1.807) is 0 Å². The van der Waals surface area contributed by atoms with Crippen molar-refractivity contribution < 1.29 is 4.79 Å². The fourth-order valence-corrected chi connectivity index (χ4v) is 3.72. The minimum Gasteiger partial charge on any atom is -0.339 e. The number of carbonyl (C=O) groups excluding carboxylic acids is 1.